The van der Waals surface area contributed by atoms with E-state index in [2.05, 4.69) is 5.32 Å². The van der Waals surface area contributed by atoms with Gasteiger partial charge in [0.1, 0.15) is 6.04 Å². The zero-order valence-electron chi connectivity index (χ0n) is 18.0. The van der Waals surface area contributed by atoms with E-state index in [0.717, 1.165) is 5.56 Å². The minimum absolute atomic E-state index is 0.147. The van der Waals surface area contributed by atoms with E-state index in [0.29, 0.717) is 26.4 Å². The number of halogens is 3. The van der Waals surface area contributed by atoms with Crippen molar-refractivity contribution in [1.82, 2.24) is 10.2 Å². The normalized spacial score (nSPS) is 12.4. The number of carbonyl (C=O) groups excluding carboxylic acids is 2. The van der Waals surface area contributed by atoms with Crippen LogP contribution in [0.15, 0.2) is 42.5 Å². The quantitative estimate of drug-likeness (QED) is 0.468. The van der Waals surface area contributed by atoms with Crippen LogP contribution in [-0.4, -0.2) is 34.0 Å². The summed E-state index contributed by atoms with van der Waals surface area (Å²) in [6, 6.07) is 12.0. The highest BCUT2D eigenvalue weighted by atomic mass is 35.5. The SMILES string of the molecule is CC(C(=O)NC(C)(C)C)N(Cc1c(Cl)cccc1Cl)C(=O)CSCc1cccc(Cl)c1. The van der Waals surface area contributed by atoms with Crippen molar-refractivity contribution in [3.8, 4) is 0 Å². The lowest BCUT2D eigenvalue weighted by molar-refractivity contribution is -0.139. The molecule has 0 bridgehead atoms. The van der Waals surface area contributed by atoms with Gasteiger partial charge in [0.2, 0.25) is 11.8 Å². The van der Waals surface area contributed by atoms with E-state index >= 15 is 0 Å². The molecule has 31 heavy (non-hydrogen) atoms. The highest BCUT2D eigenvalue weighted by Gasteiger charge is 2.29. The fraction of sp³-hybridized carbons (Fsp3) is 0.391. The maximum Gasteiger partial charge on any atom is 0.242 e. The standard InChI is InChI=1S/C23H27Cl3N2O2S/c1-15(22(30)27-23(2,3)4)28(12-18-19(25)9-6-10-20(18)26)21(29)14-31-13-16-7-5-8-17(24)11-16/h5-11,15H,12-14H2,1-4H3,(H,27,30). The maximum absolute atomic E-state index is 13.2. The van der Waals surface area contributed by atoms with Crippen molar-refractivity contribution >= 4 is 58.4 Å². The van der Waals surface area contributed by atoms with Gasteiger partial charge < -0.3 is 10.2 Å². The molecular weight excluding hydrogens is 475 g/mol. The number of thioether (sulfide) groups is 1. The first-order chi connectivity index (χ1) is 14.5. The lowest BCUT2D eigenvalue weighted by Crippen LogP contribution is -2.52. The second kappa shape index (κ2) is 11.5. The Morgan fingerprint density at radius 2 is 1.68 bits per heavy atom. The van der Waals surface area contributed by atoms with Crippen LogP contribution in [0, 0.1) is 0 Å². The number of amides is 2. The highest BCUT2D eigenvalue weighted by molar-refractivity contribution is 7.99. The third kappa shape index (κ3) is 8.23. The first-order valence-electron chi connectivity index (χ1n) is 9.84. The van der Waals surface area contributed by atoms with Crippen LogP contribution in [-0.2, 0) is 21.9 Å². The van der Waals surface area contributed by atoms with E-state index in [1.165, 1.54) is 16.7 Å². The molecule has 2 aromatic carbocycles. The molecule has 0 spiro atoms. The van der Waals surface area contributed by atoms with E-state index in [1.54, 1.807) is 25.1 Å². The molecule has 0 aliphatic rings. The topological polar surface area (TPSA) is 49.4 Å². The van der Waals surface area contributed by atoms with Gasteiger partial charge in [-0.2, -0.15) is 0 Å². The Balaban J connectivity index is 2.17. The van der Waals surface area contributed by atoms with Gasteiger partial charge in [-0.1, -0.05) is 53.0 Å². The number of nitrogens with zero attached hydrogens (tertiary/aromatic N) is 1. The molecule has 0 fully saturated rings. The van der Waals surface area contributed by atoms with Crippen molar-refractivity contribution in [2.75, 3.05) is 5.75 Å². The summed E-state index contributed by atoms with van der Waals surface area (Å²) < 4.78 is 0. The van der Waals surface area contributed by atoms with Crippen LogP contribution in [0.25, 0.3) is 0 Å². The predicted molar refractivity (Wildman–Crippen MR) is 132 cm³/mol. The van der Waals surface area contributed by atoms with Crippen LogP contribution in [0.1, 0.15) is 38.8 Å². The summed E-state index contributed by atoms with van der Waals surface area (Å²) in [6.07, 6.45) is 0. The molecule has 1 atom stereocenters. The smallest absolute Gasteiger partial charge is 0.242 e. The molecule has 2 amide bonds. The number of hydrogen-bond donors (Lipinski definition) is 1. The zero-order valence-corrected chi connectivity index (χ0v) is 21.1. The molecule has 0 aliphatic carbocycles. The van der Waals surface area contributed by atoms with Gasteiger partial charge in [-0.05, 0) is 57.5 Å². The van der Waals surface area contributed by atoms with E-state index in [-0.39, 0.29) is 24.1 Å². The van der Waals surface area contributed by atoms with Gasteiger partial charge in [0.15, 0.2) is 0 Å². The molecule has 1 N–H and O–H groups in total. The summed E-state index contributed by atoms with van der Waals surface area (Å²) in [6.45, 7) is 7.56. The van der Waals surface area contributed by atoms with Gasteiger partial charge >= 0.3 is 0 Å². The molecule has 2 aromatic rings. The molecule has 0 heterocycles. The van der Waals surface area contributed by atoms with Crippen LogP contribution in [0.3, 0.4) is 0 Å². The van der Waals surface area contributed by atoms with Crippen molar-refractivity contribution in [2.45, 2.75) is 51.6 Å². The van der Waals surface area contributed by atoms with E-state index in [4.69, 9.17) is 34.8 Å². The number of benzene rings is 2. The largest absolute Gasteiger partial charge is 0.350 e. The van der Waals surface area contributed by atoms with Crippen LogP contribution in [0.5, 0.6) is 0 Å². The second-order valence-corrected chi connectivity index (χ2v) is 10.5. The third-order valence-electron chi connectivity index (χ3n) is 4.44. The Morgan fingerprint density at radius 3 is 2.26 bits per heavy atom. The molecule has 0 aromatic heterocycles. The number of hydrogen-bond acceptors (Lipinski definition) is 3. The second-order valence-electron chi connectivity index (χ2n) is 8.26. The van der Waals surface area contributed by atoms with Gasteiger partial charge in [-0.25, -0.2) is 0 Å². The van der Waals surface area contributed by atoms with Gasteiger partial charge in [0, 0.05) is 38.5 Å². The Labute approximate surface area is 203 Å². The molecule has 1 unspecified atom stereocenters. The summed E-state index contributed by atoms with van der Waals surface area (Å²) >= 11 is 20.2. The predicted octanol–water partition coefficient (Wildman–Crippen LogP) is 6.21. The number of carbonyl (C=O) groups is 2. The molecule has 168 valence electrons. The molecule has 0 saturated heterocycles. The summed E-state index contributed by atoms with van der Waals surface area (Å²) in [4.78, 5) is 27.5. The van der Waals surface area contributed by atoms with Crippen molar-refractivity contribution in [3.05, 3.63) is 68.7 Å². The van der Waals surface area contributed by atoms with Crippen molar-refractivity contribution in [1.29, 1.82) is 0 Å². The minimum atomic E-state index is -0.689. The Morgan fingerprint density at radius 1 is 1.06 bits per heavy atom. The summed E-state index contributed by atoms with van der Waals surface area (Å²) in [7, 11) is 0. The van der Waals surface area contributed by atoms with Gasteiger partial charge in [-0.3, -0.25) is 9.59 Å². The van der Waals surface area contributed by atoms with Crippen molar-refractivity contribution in [3.63, 3.8) is 0 Å². The zero-order chi connectivity index (χ0) is 23.2. The van der Waals surface area contributed by atoms with E-state index in [9.17, 15) is 9.59 Å². The van der Waals surface area contributed by atoms with Crippen LogP contribution in [0.2, 0.25) is 15.1 Å². The van der Waals surface area contributed by atoms with E-state index in [1.807, 2.05) is 45.0 Å². The monoisotopic (exact) mass is 500 g/mol. The van der Waals surface area contributed by atoms with Crippen molar-refractivity contribution < 1.29 is 9.59 Å². The minimum Gasteiger partial charge on any atom is -0.350 e. The lowest BCUT2D eigenvalue weighted by atomic mass is 10.1. The molecule has 0 radical (unpaired) electrons. The van der Waals surface area contributed by atoms with Crippen LogP contribution in [0.4, 0.5) is 0 Å². The fourth-order valence-corrected chi connectivity index (χ4v) is 4.46. The summed E-state index contributed by atoms with van der Waals surface area (Å²) in [5.41, 5.74) is 1.24. The Hall–Kier alpha value is -1.40. The first-order valence-corrected chi connectivity index (χ1v) is 12.1. The molecule has 2 rings (SSSR count). The molecule has 0 saturated carbocycles. The fourth-order valence-electron chi connectivity index (χ4n) is 2.88. The average Bonchev–Trinajstić information content (AvgIpc) is 2.66. The van der Waals surface area contributed by atoms with Gasteiger partial charge in [-0.15, -0.1) is 11.8 Å². The van der Waals surface area contributed by atoms with Crippen molar-refractivity contribution in [2.24, 2.45) is 0 Å². The van der Waals surface area contributed by atoms with E-state index < -0.39 is 11.6 Å². The third-order valence-corrected chi connectivity index (χ3v) is 6.37. The first kappa shape index (κ1) is 25.9. The molecule has 0 aliphatic heterocycles. The van der Waals surface area contributed by atoms with Gasteiger partial charge in [0.05, 0.1) is 5.75 Å². The molecule has 8 heteroatoms. The Kier molecular flexibility index (Phi) is 9.56. The lowest BCUT2D eigenvalue weighted by Gasteiger charge is -2.32. The Bertz CT molecular complexity index is 911. The highest BCUT2D eigenvalue weighted by Crippen LogP contribution is 2.27. The summed E-state index contributed by atoms with van der Waals surface area (Å²) in [5.74, 6) is 0.445. The number of nitrogens with one attached hydrogen (secondary N) is 1. The summed E-state index contributed by atoms with van der Waals surface area (Å²) in [5, 5.41) is 4.51. The number of rotatable bonds is 8. The van der Waals surface area contributed by atoms with Crippen LogP contribution < -0.4 is 5.32 Å². The van der Waals surface area contributed by atoms with Crippen LogP contribution >= 0.6 is 46.6 Å². The van der Waals surface area contributed by atoms with Gasteiger partial charge in [0.25, 0.3) is 0 Å². The molecular formula is C23H27Cl3N2O2S. The average molecular weight is 502 g/mol. The maximum atomic E-state index is 13.2. The molecule has 4 nitrogen and oxygen atoms in total.